The highest BCUT2D eigenvalue weighted by Gasteiger charge is 2.14. The molecule has 0 fully saturated rings. The van der Waals surface area contributed by atoms with E-state index in [2.05, 4.69) is 17.1 Å². The van der Waals surface area contributed by atoms with Gasteiger partial charge in [-0.1, -0.05) is 48.0 Å². The summed E-state index contributed by atoms with van der Waals surface area (Å²) >= 11 is 5.99. The van der Waals surface area contributed by atoms with Gasteiger partial charge in [-0.15, -0.1) is 6.58 Å². The summed E-state index contributed by atoms with van der Waals surface area (Å²) in [6, 6.07) is 20.4. The lowest BCUT2D eigenvalue weighted by atomic mass is 10.1. The summed E-state index contributed by atoms with van der Waals surface area (Å²) in [5.74, 6) is 0.888. The molecule has 0 radical (unpaired) electrons. The van der Waals surface area contributed by atoms with Crippen molar-refractivity contribution in [2.24, 2.45) is 5.10 Å². The molecular weight excluding hydrogens is 452 g/mol. The summed E-state index contributed by atoms with van der Waals surface area (Å²) in [7, 11) is 1.58. The minimum Gasteiger partial charge on any atom is -0.493 e. The van der Waals surface area contributed by atoms with Gasteiger partial charge in [0.1, 0.15) is 12.2 Å². The number of hydrogen-bond acceptors (Lipinski definition) is 5. The molecular formula is C27H23ClN2O4. The molecule has 1 amide bonds. The van der Waals surface area contributed by atoms with Crippen LogP contribution in [-0.4, -0.2) is 19.2 Å². The summed E-state index contributed by atoms with van der Waals surface area (Å²) in [6.07, 6.45) is 3.91. The van der Waals surface area contributed by atoms with Crippen LogP contribution < -0.4 is 14.9 Å². The molecule has 34 heavy (non-hydrogen) atoms. The number of methoxy groups -OCH3 is 1. The maximum atomic E-state index is 12.4. The molecule has 6 nitrogen and oxygen atoms in total. The van der Waals surface area contributed by atoms with Gasteiger partial charge in [0.25, 0.3) is 0 Å². The van der Waals surface area contributed by atoms with Crippen molar-refractivity contribution in [1.82, 2.24) is 5.43 Å². The molecule has 4 rings (SSSR count). The number of hydrogen-bond donors (Lipinski definition) is 1. The Labute approximate surface area is 202 Å². The van der Waals surface area contributed by atoms with Crippen molar-refractivity contribution in [3.8, 4) is 11.5 Å². The zero-order chi connectivity index (χ0) is 23.9. The van der Waals surface area contributed by atoms with Gasteiger partial charge < -0.3 is 13.9 Å². The van der Waals surface area contributed by atoms with Crippen molar-refractivity contribution < 1.29 is 18.7 Å². The summed E-state index contributed by atoms with van der Waals surface area (Å²) in [4.78, 5) is 12.4. The van der Waals surface area contributed by atoms with Gasteiger partial charge in [0.15, 0.2) is 17.3 Å². The van der Waals surface area contributed by atoms with Gasteiger partial charge in [0, 0.05) is 16.0 Å². The van der Waals surface area contributed by atoms with Crippen molar-refractivity contribution in [3.05, 3.63) is 107 Å². The number of carbonyl (C=O) groups is 1. The van der Waals surface area contributed by atoms with Gasteiger partial charge in [0.2, 0.25) is 0 Å². The number of benzene rings is 3. The largest absolute Gasteiger partial charge is 0.493 e. The number of amides is 1. The van der Waals surface area contributed by atoms with Gasteiger partial charge in [-0.25, -0.2) is 5.43 Å². The third kappa shape index (κ3) is 5.47. The number of carbonyl (C=O) groups excluding carboxylic acids is 1. The molecule has 0 spiro atoms. The normalized spacial score (nSPS) is 11.0. The van der Waals surface area contributed by atoms with Crippen LogP contribution >= 0.6 is 11.6 Å². The van der Waals surface area contributed by atoms with E-state index in [1.807, 2.05) is 36.4 Å². The Hall–Kier alpha value is -4.03. The zero-order valence-corrected chi connectivity index (χ0v) is 19.3. The van der Waals surface area contributed by atoms with E-state index in [4.69, 9.17) is 25.5 Å². The van der Waals surface area contributed by atoms with Crippen molar-refractivity contribution in [2.75, 3.05) is 7.11 Å². The third-order valence-corrected chi connectivity index (χ3v) is 5.28. The second-order valence-electron chi connectivity index (χ2n) is 7.47. The zero-order valence-electron chi connectivity index (χ0n) is 18.6. The lowest BCUT2D eigenvalue weighted by Gasteiger charge is -2.15. The van der Waals surface area contributed by atoms with E-state index >= 15 is 0 Å². The number of halogens is 1. The van der Waals surface area contributed by atoms with Crippen LogP contribution in [0, 0.1) is 0 Å². The number of allylic oxidation sites excluding steroid dienone is 1. The minimum absolute atomic E-state index is 0.143. The highest BCUT2D eigenvalue weighted by atomic mass is 35.5. The second kappa shape index (κ2) is 10.7. The molecule has 1 heterocycles. The third-order valence-electron chi connectivity index (χ3n) is 5.05. The highest BCUT2D eigenvalue weighted by Crippen LogP contribution is 2.34. The monoisotopic (exact) mass is 474 g/mol. The Morgan fingerprint density at radius 1 is 1.15 bits per heavy atom. The highest BCUT2D eigenvalue weighted by molar-refractivity contribution is 6.31. The molecule has 3 aromatic carbocycles. The Balaban J connectivity index is 1.50. The number of nitrogens with zero attached hydrogens (tertiary/aromatic N) is 1. The van der Waals surface area contributed by atoms with Gasteiger partial charge >= 0.3 is 5.91 Å². The van der Waals surface area contributed by atoms with E-state index in [-0.39, 0.29) is 5.76 Å². The van der Waals surface area contributed by atoms with Crippen LogP contribution in [0.1, 0.15) is 27.2 Å². The number of furan rings is 1. The smallest absolute Gasteiger partial charge is 0.307 e. The molecule has 1 aromatic heterocycles. The van der Waals surface area contributed by atoms with Crippen molar-refractivity contribution >= 4 is 34.7 Å². The number of fused-ring (bicyclic) bond motifs is 1. The van der Waals surface area contributed by atoms with Crippen LogP contribution in [0.2, 0.25) is 5.02 Å². The molecule has 7 heteroatoms. The number of nitrogens with one attached hydrogen (secondary N) is 1. The van der Waals surface area contributed by atoms with E-state index in [1.165, 1.54) is 6.21 Å². The van der Waals surface area contributed by atoms with E-state index in [1.54, 1.807) is 43.5 Å². The maximum Gasteiger partial charge on any atom is 0.307 e. The van der Waals surface area contributed by atoms with E-state index in [0.717, 1.165) is 22.1 Å². The van der Waals surface area contributed by atoms with Crippen LogP contribution in [0.15, 0.2) is 88.9 Å². The summed E-state index contributed by atoms with van der Waals surface area (Å²) in [5.41, 5.74) is 5.74. The fourth-order valence-corrected chi connectivity index (χ4v) is 3.64. The van der Waals surface area contributed by atoms with Gasteiger partial charge in [-0.3, -0.25) is 4.79 Å². The predicted octanol–water partition coefficient (Wildman–Crippen LogP) is 6.17. The quantitative estimate of drug-likeness (QED) is 0.179. The van der Waals surface area contributed by atoms with Crippen LogP contribution in [0.5, 0.6) is 11.5 Å². The molecule has 0 saturated heterocycles. The SMILES string of the molecule is C=CCc1cc(/C=N/NC(=O)c2cc3cc(Cl)ccc3o2)cc(OC)c1OCc1ccccc1. The Kier molecular flexibility index (Phi) is 7.30. The standard InChI is InChI=1S/C27H23ClN2O4/c1-3-7-20-12-19(13-24(32-2)26(20)33-17-18-8-5-4-6-9-18)16-29-30-27(31)25-15-21-14-22(28)10-11-23(21)34-25/h3-6,8-16H,1,7,17H2,2H3,(H,30,31)/b29-16+. The molecule has 0 saturated carbocycles. The van der Waals surface area contributed by atoms with E-state index in [0.29, 0.717) is 35.1 Å². The number of rotatable bonds is 9. The lowest BCUT2D eigenvalue weighted by molar-refractivity contribution is 0.0929. The van der Waals surface area contributed by atoms with Crippen molar-refractivity contribution in [2.45, 2.75) is 13.0 Å². The van der Waals surface area contributed by atoms with Crippen LogP contribution in [0.4, 0.5) is 0 Å². The first-order valence-corrected chi connectivity index (χ1v) is 11.0. The maximum absolute atomic E-state index is 12.4. The van der Waals surface area contributed by atoms with Crippen LogP contribution in [0.3, 0.4) is 0 Å². The van der Waals surface area contributed by atoms with E-state index in [9.17, 15) is 4.79 Å². The molecule has 4 aromatic rings. The first-order valence-electron chi connectivity index (χ1n) is 10.6. The first-order chi connectivity index (χ1) is 16.6. The van der Waals surface area contributed by atoms with E-state index < -0.39 is 5.91 Å². The fourth-order valence-electron chi connectivity index (χ4n) is 3.46. The van der Waals surface area contributed by atoms with Crippen molar-refractivity contribution in [1.29, 1.82) is 0 Å². The molecule has 172 valence electrons. The Bertz CT molecular complexity index is 1350. The van der Waals surface area contributed by atoms with Gasteiger partial charge in [-0.05, 0) is 53.9 Å². The molecule has 0 aliphatic rings. The summed E-state index contributed by atoms with van der Waals surface area (Å²) in [6.45, 7) is 4.25. The molecule has 0 aliphatic heterocycles. The molecule has 0 unspecified atom stereocenters. The number of hydrazone groups is 1. The molecule has 0 aliphatic carbocycles. The average molecular weight is 475 g/mol. The average Bonchev–Trinajstić information content (AvgIpc) is 3.27. The Morgan fingerprint density at radius 3 is 2.74 bits per heavy atom. The molecule has 0 atom stereocenters. The van der Waals surface area contributed by atoms with Crippen LogP contribution in [-0.2, 0) is 13.0 Å². The Morgan fingerprint density at radius 2 is 1.97 bits per heavy atom. The minimum atomic E-state index is -0.468. The topological polar surface area (TPSA) is 73.1 Å². The predicted molar refractivity (Wildman–Crippen MR) is 134 cm³/mol. The number of ether oxygens (including phenoxy) is 2. The second-order valence-corrected chi connectivity index (χ2v) is 7.91. The molecule has 0 bridgehead atoms. The van der Waals surface area contributed by atoms with Crippen LogP contribution in [0.25, 0.3) is 11.0 Å². The van der Waals surface area contributed by atoms with Crippen molar-refractivity contribution in [3.63, 3.8) is 0 Å². The molecule has 1 N–H and O–H groups in total. The first kappa shape index (κ1) is 23.1. The lowest BCUT2D eigenvalue weighted by Crippen LogP contribution is -2.16. The van der Waals surface area contributed by atoms with Gasteiger partial charge in [0.05, 0.1) is 13.3 Å². The van der Waals surface area contributed by atoms with Gasteiger partial charge in [-0.2, -0.15) is 5.10 Å². The summed E-state index contributed by atoms with van der Waals surface area (Å²) in [5, 5.41) is 5.38. The summed E-state index contributed by atoms with van der Waals surface area (Å²) < 4.78 is 17.2. The fraction of sp³-hybridized carbons (Fsp3) is 0.111.